The lowest BCUT2D eigenvalue weighted by atomic mass is 10.1. The van der Waals surface area contributed by atoms with Gasteiger partial charge in [0, 0.05) is 12.1 Å². The molecule has 2 aromatic carbocycles. The second-order valence-corrected chi connectivity index (χ2v) is 5.25. The minimum Gasteiger partial charge on any atom is -0.497 e. The van der Waals surface area contributed by atoms with Gasteiger partial charge < -0.3 is 4.74 Å². The van der Waals surface area contributed by atoms with Crippen LogP contribution in [0.15, 0.2) is 48.5 Å². The van der Waals surface area contributed by atoms with Gasteiger partial charge in [0.1, 0.15) is 5.75 Å². The van der Waals surface area contributed by atoms with Crippen LogP contribution in [0.5, 0.6) is 5.75 Å². The van der Waals surface area contributed by atoms with Gasteiger partial charge in [0.25, 0.3) is 0 Å². The fourth-order valence-corrected chi connectivity index (χ4v) is 2.25. The Morgan fingerprint density at radius 3 is 2.38 bits per heavy atom. The number of rotatable bonds is 6. The van der Waals surface area contributed by atoms with Crippen LogP contribution in [-0.4, -0.2) is 31.4 Å². The van der Waals surface area contributed by atoms with E-state index in [1.165, 1.54) is 11.1 Å². The Bertz CT molecular complexity index is 605. The Balaban J connectivity index is 1.97. The van der Waals surface area contributed by atoms with Crippen molar-refractivity contribution in [1.82, 2.24) is 4.90 Å². The van der Waals surface area contributed by atoms with Crippen LogP contribution in [0.2, 0.25) is 0 Å². The molecule has 0 atom stereocenters. The van der Waals surface area contributed by atoms with Crippen LogP contribution < -0.4 is 4.74 Å². The van der Waals surface area contributed by atoms with E-state index in [0.717, 1.165) is 12.3 Å². The minimum atomic E-state index is 0.119. The molecule has 0 aliphatic rings. The van der Waals surface area contributed by atoms with Crippen LogP contribution >= 0.6 is 0 Å². The highest BCUT2D eigenvalue weighted by molar-refractivity contribution is 5.97. The maximum atomic E-state index is 12.2. The summed E-state index contributed by atoms with van der Waals surface area (Å²) < 4.78 is 5.10. The average molecular weight is 283 g/mol. The van der Waals surface area contributed by atoms with Gasteiger partial charge in [-0.05, 0) is 49.4 Å². The van der Waals surface area contributed by atoms with Gasteiger partial charge in [0.05, 0.1) is 13.7 Å². The van der Waals surface area contributed by atoms with E-state index >= 15 is 0 Å². The molecule has 3 heteroatoms. The van der Waals surface area contributed by atoms with Crippen molar-refractivity contribution in [3.8, 4) is 5.75 Å². The second kappa shape index (κ2) is 7.04. The van der Waals surface area contributed by atoms with E-state index in [1.54, 1.807) is 7.11 Å². The van der Waals surface area contributed by atoms with E-state index in [2.05, 4.69) is 19.1 Å². The van der Waals surface area contributed by atoms with Crippen molar-refractivity contribution >= 4 is 5.78 Å². The molecule has 0 spiro atoms. The molecule has 0 fully saturated rings. The summed E-state index contributed by atoms with van der Waals surface area (Å²) in [6.07, 6.45) is 0. The van der Waals surface area contributed by atoms with Crippen molar-refractivity contribution in [1.29, 1.82) is 0 Å². The van der Waals surface area contributed by atoms with Crippen LogP contribution in [0.3, 0.4) is 0 Å². The number of ether oxygens (including phenoxy) is 1. The number of aryl methyl sites for hydroxylation is 1. The number of methoxy groups -OCH3 is 1. The van der Waals surface area contributed by atoms with Gasteiger partial charge >= 0.3 is 0 Å². The lowest BCUT2D eigenvalue weighted by Gasteiger charge is -2.17. The van der Waals surface area contributed by atoms with E-state index < -0.39 is 0 Å². The molecule has 0 unspecified atom stereocenters. The Morgan fingerprint density at radius 2 is 1.76 bits per heavy atom. The molecule has 2 aromatic rings. The normalized spacial score (nSPS) is 10.7. The van der Waals surface area contributed by atoms with E-state index in [4.69, 9.17) is 4.74 Å². The Hall–Kier alpha value is -2.13. The monoisotopic (exact) mass is 283 g/mol. The Kier molecular flexibility index (Phi) is 5.12. The smallest absolute Gasteiger partial charge is 0.176 e. The highest BCUT2D eigenvalue weighted by Gasteiger charge is 2.10. The van der Waals surface area contributed by atoms with Crippen LogP contribution in [0.25, 0.3) is 0 Å². The summed E-state index contributed by atoms with van der Waals surface area (Å²) >= 11 is 0. The van der Waals surface area contributed by atoms with Crippen LogP contribution in [-0.2, 0) is 6.54 Å². The maximum Gasteiger partial charge on any atom is 0.176 e. The third kappa shape index (κ3) is 4.17. The molecule has 0 radical (unpaired) electrons. The van der Waals surface area contributed by atoms with Crippen LogP contribution in [0, 0.1) is 6.92 Å². The molecule has 0 saturated carbocycles. The lowest BCUT2D eigenvalue weighted by Crippen LogP contribution is -2.25. The number of hydrogen-bond acceptors (Lipinski definition) is 3. The number of hydrogen-bond donors (Lipinski definition) is 0. The predicted molar refractivity (Wildman–Crippen MR) is 84.8 cm³/mol. The number of nitrogens with zero attached hydrogens (tertiary/aromatic N) is 1. The summed E-state index contributed by atoms with van der Waals surface area (Å²) in [7, 11) is 3.58. The number of likely N-dealkylation sites (N-methyl/N-ethyl adjacent to an activating group) is 1. The van der Waals surface area contributed by atoms with Gasteiger partial charge in [0.15, 0.2) is 5.78 Å². The first kappa shape index (κ1) is 15.3. The van der Waals surface area contributed by atoms with Gasteiger partial charge in [-0.1, -0.05) is 24.3 Å². The SMILES string of the molecule is COc1ccc(C(=O)CN(C)Cc2ccccc2C)cc1. The van der Waals surface area contributed by atoms with Crippen molar-refractivity contribution in [2.24, 2.45) is 0 Å². The number of ketones is 1. The summed E-state index contributed by atoms with van der Waals surface area (Å²) in [5, 5.41) is 0. The summed E-state index contributed by atoms with van der Waals surface area (Å²) in [4.78, 5) is 14.3. The summed E-state index contributed by atoms with van der Waals surface area (Å²) in [5.74, 6) is 0.883. The highest BCUT2D eigenvalue weighted by atomic mass is 16.5. The molecular weight excluding hydrogens is 262 g/mol. The molecule has 21 heavy (non-hydrogen) atoms. The van der Waals surface area contributed by atoms with Crippen molar-refractivity contribution < 1.29 is 9.53 Å². The largest absolute Gasteiger partial charge is 0.497 e. The number of Topliss-reactive ketones (excluding diaryl/α,β-unsaturated/α-hetero) is 1. The van der Waals surface area contributed by atoms with E-state index in [9.17, 15) is 4.79 Å². The third-order valence-corrected chi connectivity index (χ3v) is 3.53. The molecule has 0 aromatic heterocycles. The first-order valence-corrected chi connectivity index (χ1v) is 7.00. The Morgan fingerprint density at radius 1 is 1.10 bits per heavy atom. The minimum absolute atomic E-state index is 0.119. The zero-order chi connectivity index (χ0) is 15.2. The molecule has 2 rings (SSSR count). The van der Waals surface area contributed by atoms with Crippen molar-refractivity contribution in [2.45, 2.75) is 13.5 Å². The fourth-order valence-electron chi connectivity index (χ4n) is 2.25. The van der Waals surface area contributed by atoms with Gasteiger partial charge in [-0.25, -0.2) is 0 Å². The molecule has 0 aliphatic carbocycles. The number of carbonyl (C=O) groups excluding carboxylic acids is 1. The molecule has 0 N–H and O–H groups in total. The average Bonchev–Trinajstić information content (AvgIpc) is 2.49. The maximum absolute atomic E-state index is 12.2. The number of benzene rings is 2. The van der Waals surface area contributed by atoms with Crippen molar-refractivity contribution in [3.05, 3.63) is 65.2 Å². The summed E-state index contributed by atoms with van der Waals surface area (Å²) in [6, 6.07) is 15.5. The molecule has 0 heterocycles. The molecule has 0 saturated heterocycles. The van der Waals surface area contributed by atoms with E-state index in [-0.39, 0.29) is 5.78 Å². The second-order valence-electron chi connectivity index (χ2n) is 5.25. The summed E-state index contributed by atoms with van der Waals surface area (Å²) in [5.41, 5.74) is 3.22. The molecule has 3 nitrogen and oxygen atoms in total. The highest BCUT2D eigenvalue weighted by Crippen LogP contribution is 2.13. The summed E-state index contributed by atoms with van der Waals surface area (Å²) in [6.45, 7) is 3.27. The topological polar surface area (TPSA) is 29.5 Å². The molecule has 0 bridgehead atoms. The molecule has 110 valence electrons. The first-order chi connectivity index (χ1) is 10.1. The van der Waals surface area contributed by atoms with Crippen molar-refractivity contribution in [3.63, 3.8) is 0 Å². The van der Waals surface area contributed by atoms with Gasteiger partial charge in [-0.2, -0.15) is 0 Å². The Labute approximate surface area is 126 Å². The molecule has 0 amide bonds. The van der Waals surface area contributed by atoms with Crippen LogP contribution in [0.4, 0.5) is 0 Å². The zero-order valence-electron chi connectivity index (χ0n) is 12.8. The third-order valence-electron chi connectivity index (χ3n) is 3.53. The van der Waals surface area contributed by atoms with E-state index in [0.29, 0.717) is 12.1 Å². The van der Waals surface area contributed by atoms with Crippen molar-refractivity contribution in [2.75, 3.05) is 20.7 Å². The van der Waals surface area contributed by atoms with Gasteiger partial charge in [0.2, 0.25) is 0 Å². The lowest BCUT2D eigenvalue weighted by molar-refractivity contribution is 0.0943. The molecule has 0 aliphatic heterocycles. The van der Waals surface area contributed by atoms with Gasteiger partial charge in [-0.3, -0.25) is 9.69 Å². The quantitative estimate of drug-likeness (QED) is 0.762. The van der Waals surface area contributed by atoms with E-state index in [1.807, 2.05) is 48.3 Å². The first-order valence-electron chi connectivity index (χ1n) is 7.00. The standard InChI is InChI=1S/C18H21NO2/c1-14-6-4-5-7-16(14)12-19(2)13-18(20)15-8-10-17(21-3)11-9-15/h4-11H,12-13H2,1-3H3. The predicted octanol–water partition coefficient (Wildman–Crippen LogP) is 3.32. The van der Waals surface area contributed by atoms with Crippen LogP contribution in [0.1, 0.15) is 21.5 Å². The number of carbonyl (C=O) groups is 1. The fraction of sp³-hybridized carbons (Fsp3) is 0.278. The molecular formula is C18H21NO2. The zero-order valence-corrected chi connectivity index (χ0v) is 12.8. The van der Waals surface area contributed by atoms with Gasteiger partial charge in [-0.15, -0.1) is 0 Å².